The lowest BCUT2D eigenvalue weighted by molar-refractivity contribution is -0.384. The largest absolute Gasteiger partial charge is 0.461 e. The second-order valence-electron chi connectivity index (χ2n) is 5.55. The summed E-state index contributed by atoms with van der Waals surface area (Å²) in [6.45, 7) is 1.98. The van der Waals surface area contributed by atoms with Gasteiger partial charge in [-0.2, -0.15) is 5.10 Å². The minimum absolute atomic E-state index is 0.0117. The van der Waals surface area contributed by atoms with Gasteiger partial charge >= 0.3 is 5.97 Å². The molecule has 0 saturated carbocycles. The lowest BCUT2D eigenvalue weighted by Crippen LogP contribution is -2.06. The Kier molecular flexibility index (Phi) is 5.56. The monoisotopic (exact) mass is 383 g/mol. The maximum atomic E-state index is 12.1. The summed E-state index contributed by atoms with van der Waals surface area (Å²) < 4.78 is 6.64. The molecule has 0 atom stereocenters. The van der Waals surface area contributed by atoms with E-state index in [0.29, 0.717) is 11.4 Å². The van der Waals surface area contributed by atoms with E-state index in [2.05, 4.69) is 5.10 Å². The van der Waals surface area contributed by atoms with Crippen LogP contribution in [0.25, 0.3) is 16.9 Å². The molecular formula is C19H17N3O4S. The van der Waals surface area contributed by atoms with Crippen LogP contribution in [0.3, 0.4) is 0 Å². The Hall–Kier alpha value is -3.13. The molecule has 2 aromatic carbocycles. The summed E-state index contributed by atoms with van der Waals surface area (Å²) in [6.07, 6.45) is 2.00. The Morgan fingerprint density at radius 2 is 1.85 bits per heavy atom. The molecule has 138 valence electrons. The lowest BCUT2D eigenvalue weighted by Gasteiger charge is -2.08. The highest BCUT2D eigenvalue weighted by atomic mass is 32.2. The molecule has 0 saturated heterocycles. The number of carbonyl (C=O) groups excluding carboxylic acids is 1. The third-order valence-electron chi connectivity index (χ3n) is 3.88. The number of carbonyl (C=O) groups is 1. The van der Waals surface area contributed by atoms with Gasteiger partial charge in [0.2, 0.25) is 0 Å². The number of benzene rings is 2. The molecular weight excluding hydrogens is 366 g/mol. The zero-order valence-corrected chi connectivity index (χ0v) is 15.6. The van der Waals surface area contributed by atoms with Crippen LogP contribution in [0.2, 0.25) is 0 Å². The van der Waals surface area contributed by atoms with E-state index in [1.54, 1.807) is 41.6 Å². The van der Waals surface area contributed by atoms with E-state index < -0.39 is 10.9 Å². The summed E-state index contributed by atoms with van der Waals surface area (Å²) in [5, 5.41) is 15.2. The van der Waals surface area contributed by atoms with Gasteiger partial charge in [-0.3, -0.25) is 10.1 Å². The van der Waals surface area contributed by atoms with Crippen LogP contribution in [0.4, 0.5) is 5.69 Å². The number of aromatic nitrogens is 2. The highest BCUT2D eigenvalue weighted by molar-refractivity contribution is 7.98. The molecule has 0 aliphatic rings. The lowest BCUT2D eigenvalue weighted by atomic mass is 10.1. The number of non-ortho nitro benzene ring substituents is 1. The third-order valence-corrected chi connectivity index (χ3v) is 4.63. The molecule has 1 aromatic heterocycles. The van der Waals surface area contributed by atoms with E-state index in [-0.39, 0.29) is 18.0 Å². The first kappa shape index (κ1) is 18.7. The second kappa shape index (κ2) is 8.05. The van der Waals surface area contributed by atoms with E-state index in [1.807, 2.05) is 30.5 Å². The van der Waals surface area contributed by atoms with Crippen LogP contribution < -0.4 is 0 Å². The van der Waals surface area contributed by atoms with Gasteiger partial charge in [-0.1, -0.05) is 12.1 Å². The topological polar surface area (TPSA) is 87.3 Å². The summed E-state index contributed by atoms with van der Waals surface area (Å²) in [4.78, 5) is 23.7. The third kappa shape index (κ3) is 4.01. The van der Waals surface area contributed by atoms with Crippen molar-refractivity contribution in [1.29, 1.82) is 0 Å². The molecule has 3 rings (SSSR count). The van der Waals surface area contributed by atoms with Crippen LogP contribution in [0.1, 0.15) is 17.4 Å². The van der Waals surface area contributed by atoms with Crippen molar-refractivity contribution in [2.24, 2.45) is 0 Å². The number of nitro benzene ring substituents is 1. The molecule has 0 amide bonds. The number of nitro groups is 1. The average Bonchev–Trinajstić information content (AvgIpc) is 3.14. The SMILES string of the molecule is CCOC(=O)c1cc(-c2ccc(SC)cc2)n(-c2ccc([N+](=O)[O-])cc2)n1. The minimum atomic E-state index is -0.514. The van der Waals surface area contributed by atoms with E-state index in [1.165, 1.54) is 12.1 Å². The van der Waals surface area contributed by atoms with Gasteiger partial charge in [-0.15, -0.1) is 11.8 Å². The first-order valence-corrected chi connectivity index (χ1v) is 9.42. The standard InChI is InChI=1S/C19H17N3O4S/c1-3-26-19(23)17-12-18(13-4-10-16(27-2)11-5-13)21(20-17)14-6-8-15(9-7-14)22(24)25/h4-12H,3H2,1-2H3. The maximum absolute atomic E-state index is 12.1. The van der Waals surface area contributed by atoms with Gasteiger partial charge in [0.1, 0.15) is 0 Å². The fourth-order valence-corrected chi connectivity index (χ4v) is 2.97. The number of rotatable bonds is 6. The molecule has 8 heteroatoms. The molecule has 1 heterocycles. The minimum Gasteiger partial charge on any atom is -0.461 e. The molecule has 0 radical (unpaired) electrons. The highest BCUT2D eigenvalue weighted by Gasteiger charge is 2.18. The van der Waals surface area contributed by atoms with Crippen LogP contribution in [0.5, 0.6) is 0 Å². The van der Waals surface area contributed by atoms with Gasteiger partial charge in [0.05, 0.1) is 22.9 Å². The molecule has 3 aromatic rings. The van der Waals surface area contributed by atoms with Crippen LogP contribution in [-0.2, 0) is 4.74 Å². The zero-order valence-electron chi connectivity index (χ0n) is 14.8. The summed E-state index contributed by atoms with van der Waals surface area (Å²) >= 11 is 1.63. The quantitative estimate of drug-likeness (QED) is 0.272. The summed E-state index contributed by atoms with van der Waals surface area (Å²) in [6, 6.07) is 15.5. The van der Waals surface area contributed by atoms with Crippen molar-refractivity contribution in [2.75, 3.05) is 12.9 Å². The van der Waals surface area contributed by atoms with Gasteiger partial charge in [0.15, 0.2) is 5.69 Å². The fraction of sp³-hybridized carbons (Fsp3) is 0.158. The second-order valence-corrected chi connectivity index (χ2v) is 6.43. The molecule has 27 heavy (non-hydrogen) atoms. The van der Waals surface area contributed by atoms with Gasteiger partial charge < -0.3 is 4.74 Å². The molecule has 0 spiro atoms. The Bertz CT molecular complexity index is 966. The summed E-state index contributed by atoms with van der Waals surface area (Å²) in [5.41, 5.74) is 2.34. The van der Waals surface area contributed by atoms with Crippen LogP contribution in [-0.4, -0.2) is 33.5 Å². The van der Waals surface area contributed by atoms with Crippen molar-refractivity contribution < 1.29 is 14.5 Å². The predicted octanol–water partition coefficient (Wildman–Crippen LogP) is 4.35. The summed E-state index contributed by atoms with van der Waals surface area (Å²) in [5.74, 6) is -0.514. The van der Waals surface area contributed by atoms with Crippen molar-refractivity contribution >= 4 is 23.4 Å². The van der Waals surface area contributed by atoms with E-state index in [0.717, 1.165) is 10.5 Å². The molecule has 0 aliphatic heterocycles. The predicted molar refractivity (Wildman–Crippen MR) is 103 cm³/mol. The Labute approximate surface area is 160 Å². The van der Waals surface area contributed by atoms with E-state index >= 15 is 0 Å². The molecule has 0 fully saturated rings. The number of esters is 1. The van der Waals surface area contributed by atoms with Crippen LogP contribution in [0, 0.1) is 10.1 Å². The maximum Gasteiger partial charge on any atom is 0.358 e. The van der Waals surface area contributed by atoms with E-state index in [4.69, 9.17) is 4.74 Å². The number of thioether (sulfide) groups is 1. The first-order chi connectivity index (χ1) is 13.0. The van der Waals surface area contributed by atoms with Crippen molar-refractivity contribution in [3.8, 4) is 16.9 Å². The molecule has 0 aliphatic carbocycles. The number of nitrogens with zero attached hydrogens (tertiary/aromatic N) is 3. The van der Waals surface area contributed by atoms with Crippen LogP contribution in [0.15, 0.2) is 59.5 Å². The van der Waals surface area contributed by atoms with Gasteiger partial charge in [0, 0.05) is 22.6 Å². The Morgan fingerprint density at radius 3 is 2.41 bits per heavy atom. The van der Waals surface area contributed by atoms with Crippen LogP contribution >= 0.6 is 11.8 Å². The number of hydrogen-bond donors (Lipinski definition) is 0. The zero-order chi connectivity index (χ0) is 19.4. The Balaban J connectivity index is 2.09. The molecule has 0 N–H and O–H groups in total. The van der Waals surface area contributed by atoms with Crippen molar-refractivity contribution in [3.05, 3.63) is 70.4 Å². The molecule has 0 bridgehead atoms. The van der Waals surface area contributed by atoms with Crippen molar-refractivity contribution in [2.45, 2.75) is 11.8 Å². The highest BCUT2D eigenvalue weighted by Crippen LogP contribution is 2.27. The van der Waals surface area contributed by atoms with Crippen molar-refractivity contribution in [1.82, 2.24) is 9.78 Å². The molecule has 7 nitrogen and oxygen atoms in total. The van der Waals surface area contributed by atoms with Gasteiger partial charge in [0.25, 0.3) is 5.69 Å². The smallest absolute Gasteiger partial charge is 0.358 e. The normalized spacial score (nSPS) is 10.6. The van der Waals surface area contributed by atoms with E-state index in [9.17, 15) is 14.9 Å². The number of ether oxygens (including phenoxy) is 1. The number of hydrogen-bond acceptors (Lipinski definition) is 6. The van der Waals surface area contributed by atoms with Gasteiger partial charge in [-0.25, -0.2) is 9.48 Å². The van der Waals surface area contributed by atoms with Crippen molar-refractivity contribution in [3.63, 3.8) is 0 Å². The first-order valence-electron chi connectivity index (χ1n) is 8.20. The summed E-state index contributed by atoms with van der Waals surface area (Å²) in [7, 11) is 0. The fourth-order valence-electron chi connectivity index (χ4n) is 2.57. The average molecular weight is 383 g/mol. The molecule has 0 unspecified atom stereocenters. The van der Waals surface area contributed by atoms with Gasteiger partial charge in [-0.05, 0) is 43.5 Å². The Morgan fingerprint density at radius 1 is 1.19 bits per heavy atom.